The molecule has 0 saturated carbocycles. The van der Waals surface area contributed by atoms with E-state index in [4.69, 9.17) is 0 Å². The van der Waals surface area contributed by atoms with Gasteiger partial charge in [-0.3, -0.25) is 0 Å². The maximum Gasteiger partial charge on any atom is 0.165 e. The Morgan fingerprint density at radius 2 is 1.28 bits per heavy atom. The molecular formula is C14H9F4. The Morgan fingerprint density at radius 1 is 0.778 bits per heavy atom. The first kappa shape index (κ1) is 12.6. The summed E-state index contributed by atoms with van der Waals surface area (Å²) in [6, 6.07) is 8.32. The minimum absolute atomic E-state index is 0.216. The first-order valence-corrected chi connectivity index (χ1v) is 5.23. The summed E-state index contributed by atoms with van der Waals surface area (Å²) in [4.78, 5) is 0. The van der Waals surface area contributed by atoms with Crippen molar-refractivity contribution in [3.8, 4) is 0 Å². The summed E-state index contributed by atoms with van der Waals surface area (Å²) in [6.45, 7) is 2.96. The predicted octanol–water partition coefficient (Wildman–Crippen LogP) is 4.02. The Kier molecular flexibility index (Phi) is 3.36. The Balaban J connectivity index is 2.52. The molecule has 0 spiro atoms. The first-order valence-electron chi connectivity index (χ1n) is 5.23. The molecule has 4 heteroatoms. The third-order valence-corrected chi connectivity index (χ3v) is 2.67. The zero-order chi connectivity index (χ0) is 13.3. The van der Waals surface area contributed by atoms with Gasteiger partial charge in [0, 0.05) is 17.5 Å². The summed E-state index contributed by atoms with van der Waals surface area (Å²) in [5.41, 5.74) is -0.948. The second-order valence-corrected chi connectivity index (χ2v) is 3.88. The molecule has 1 radical (unpaired) electrons. The van der Waals surface area contributed by atoms with Gasteiger partial charge in [-0.25, -0.2) is 17.6 Å². The fourth-order valence-corrected chi connectivity index (χ4v) is 1.68. The number of hydrogen-bond donors (Lipinski definition) is 0. The second kappa shape index (κ2) is 4.80. The van der Waals surface area contributed by atoms with Gasteiger partial charge in [0.25, 0.3) is 0 Å². The summed E-state index contributed by atoms with van der Waals surface area (Å²) in [5.74, 6) is -5.66. The highest BCUT2D eigenvalue weighted by atomic mass is 19.2. The molecule has 0 aliphatic rings. The van der Waals surface area contributed by atoms with Crippen molar-refractivity contribution in [3.05, 3.63) is 77.2 Å². The number of halogens is 4. The van der Waals surface area contributed by atoms with E-state index >= 15 is 0 Å². The van der Waals surface area contributed by atoms with Crippen LogP contribution >= 0.6 is 0 Å². The average molecular weight is 253 g/mol. The molecule has 2 aromatic rings. The van der Waals surface area contributed by atoms with Crippen molar-refractivity contribution in [2.24, 2.45) is 0 Å². The molecule has 18 heavy (non-hydrogen) atoms. The van der Waals surface area contributed by atoms with Gasteiger partial charge in [0.15, 0.2) is 23.3 Å². The Labute approximate surface area is 102 Å². The van der Waals surface area contributed by atoms with E-state index in [0.717, 1.165) is 0 Å². The van der Waals surface area contributed by atoms with E-state index in [1.165, 1.54) is 0 Å². The van der Waals surface area contributed by atoms with Crippen LogP contribution in [0.15, 0.2) is 30.3 Å². The van der Waals surface area contributed by atoms with E-state index in [0.29, 0.717) is 5.56 Å². The molecule has 0 aliphatic carbocycles. The molecule has 0 N–H and O–H groups in total. The topological polar surface area (TPSA) is 0 Å². The summed E-state index contributed by atoms with van der Waals surface area (Å²) in [5, 5.41) is 0. The molecule has 0 aromatic heterocycles. The molecule has 0 heterocycles. The molecule has 0 bridgehead atoms. The summed E-state index contributed by atoms with van der Waals surface area (Å²) < 4.78 is 53.7. The second-order valence-electron chi connectivity index (χ2n) is 3.88. The van der Waals surface area contributed by atoms with Gasteiger partial charge in [-0.15, -0.1) is 0 Å². The molecule has 2 rings (SSSR count). The molecule has 93 valence electrons. The van der Waals surface area contributed by atoms with Crippen LogP contribution in [0.3, 0.4) is 0 Å². The van der Waals surface area contributed by atoms with Crippen molar-refractivity contribution in [1.29, 1.82) is 0 Å². The number of rotatable bonds is 2. The summed E-state index contributed by atoms with van der Waals surface area (Å²) >= 11 is 0. The van der Waals surface area contributed by atoms with Gasteiger partial charge in [0.2, 0.25) is 0 Å². The molecule has 0 atom stereocenters. The van der Waals surface area contributed by atoms with E-state index in [1.807, 2.05) is 0 Å². The van der Waals surface area contributed by atoms with Gasteiger partial charge >= 0.3 is 0 Å². The summed E-state index contributed by atoms with van der Waals surface area (Å²) in [6.07, 6.45) is -0.216. The van der Waals surface area contributed by atoms with Gasteiger partial charge in [-0.1, -0.05) is 30.3 Å². The molecule has 0 unspecified atom stereocenters. The third-order valence-electron chi connectivity index (χ3n) is 2.67. The van der Waals surface area contributed by atoms with Crippen molar-refractivity contribution in [2.75, 3.05) is 0 Å². The molecule has 0 amide bonds. The lowest BCUT2D eigenvalue weighted by molar-refractivity contribution is 0.437. The highest BCUT2D eigenvalue weighted by Gasteiger charge is 2.22. The lowest BCUT2D eigenvalue weighted by Gasteiger charge is -2.09. The Hall–Kier alpha value is -1.84. The maximum atomic E-state index is 13.6. The first-order chi connectivity index (χ1) is 8.52. The van der Waals surface area contributed by atoms with Crippen LogP contribution in [0.2, 0.25) is 0 Å². The van der Waals surface area contributed by atoms with Crippen LogP contribution in [0.1, 0.15) is 16.7 Å². The standard InChI is InChI=1S/C14H9F4/c1-8-11(15)13(17)10(14(18)12(8)16)7-9-5-3-2-4-6-9/h2-6H,1,7H2. The van der Waals surface area contributed by atoms with E-state index in [9.17, 15) is 17.6 Å². The van der Waals surface area contributed by atoms with E-state index < -0.39 is 34.4 Å². The van der Waals surface area contributed by atoms with Crippen LogP contribution in [-0.4, -0.2) is 0 Å². The van der Waals surface area contributed by atoms with Crippen LogP contribution in [0.4, 0.5) is 17.6 Å². The molecular weight excluding hydrogens is 244 g/mol. The largest absolute Gasteiger partial charge is 0.203 e. The minimum atomic E-state index is -1.44. The normalized spacial score (nSPS) is 10.7. The molecule has 0 saturated heterocycles. The van der Waals surface area contributed by atoms with Gasteiger partial charge in [-0.2, -0.15) is 0 Å². The van der Waals surface area contributed by atoms with Crippen molar-refractivity contribution in [3.63, 3.8) is 0 Å². The lowest BCUT2D eigenvalue weighted by atomic mass is 10.0. The van der Waals surface area contributed by atoms with Gasteiger partial charge < -0.3 is 0 Å². The number of hydrogen-bond acceptors (Lipinski definition) is 0. The van der Waals surface area contributed by atoms with Gasteiger partial charge in [0.05, 0.1) is 0 Å². The van der Waals surface area contributed by atoms with Crippen LogP contribution in [0.25, 0.3) is 0 Å². The van der Waals surface area contributed by atoms with E-state index in [2.05, 4.69) is 6.92 Å². The van der Waals surface area contributed by atoms with Crippen LogP contribution in [-0.2, 0) is 6.42 Å². The van der Waals surface area contributed by atoms with Crippen molar-refractivity contribution < 1.29 is 17.6 Å². The highest BCUT2D eigenvalue weighted by Crippen LogP contribution is 2.25. The van der Waals surface area contributed by atoms with Crippen LogP contribution in [0, 0.1) is 30.2 Å². The van der Waals surface area contributed by atoms with Crippen LogP contribution < -0.4 is 0 Å². The average Bonchev–Trinajstić information content (AvgIpc) is 2.40. The molecule has 0 fully saturated rings. The Bertz CT molecular complexity index is 547. The predicted molar refractivity (Wildman–Crippen MR) is 60.0 cm³/mol. The fourth-order valence-electron chi connectivity index (χ4n) is 1.68. The minimum Gasteiger partial charge on any atom is -0.203 e. The molecule has 2 aromatic carbocycles. The SMILES string of the molecule is [CH2]c1c(F)c(F)c(Cc2ccccc2)c(F)c1F. The quantitative estimate of drug-likeness (QED) is 0.560. The number of benzene rings is 2. The van der Waals surface area contributed by atoms with Crippen molar-refractivity contribution in [2.45, 2.75) is 6.42 Å². The fraction of sp³-hybridized carbons (Fsp3) is 0.0714. The lowest BCUT2D eigenvalue weighted by Crippen LogP contribution is -2.06. The molecule has 0 nitrogen and oxygen atoms in total. The maximum absolute atomic E-state index is 13.6. The monoisotopic (exact) mass is 253 g/mol. The highest BCUT2D eigenvalue weighted by molar-refractivity contribution is 5.34. The van der Waals surface area contributed by atoms with Crippen molar-refractivity contribution in [1.82, 2.24) is 0 Å². The molecule has 0 aliphatic heterocycles. The summed E-state index contributed by atoms with van der Waals surface area (Å²) in [7, 11) is 0. The smallest absolute Gasteiger partial charge is 0.165 e. The van der Waals surface area contributed by atoms with Crippen molar-refractivity contribution >= 4 is 0 Å². The Morgan fingerprint density at radius 3 is 1.78 bits per heavy atom. The van der Waals surface area contributed by atoms with Gasteiger partial charge in [0.1, 0.15) is 0 Å². The van der Waals surface area contributed by atoms with Gasteiger partial charge in [-0.05, 0) is 12.5 Å². The van der Waals surface area contributed by atoms with Crippen LogP contribution in [0.5, 0.6) is 0 Å². The van der Waals surface area contributed by atoms with E-state index in [-0.39, 0.29) is 6.42 Å². The van der Waals surface area contributed by atoms with E-state index in [1.54, 1.807) is 30.3 Å². The zero-order valence-electron chi connectivity index (χ0n) is 9.31. The zero-order valence-corrected chi connectivity index (χ0v) is 9.31. The third kappa shape index (κ3) is 2.10.